The number of carbonyl (C=O) groups excluding carboxylic acids is 1. The molecular weight excluding hydrogens is 234 g/mol. The third-order valence-corrected chi connectivity index (χ3v) is 4.02. The third kappa shape index (κ3) is 2.07. The summed E-state index contributed by atoms with van der Waals surface area (Å²) in [6.07, 6.45) is 3.28. The first-order chi connectivity index (χ1) is 9.16. The summed E-state index contributed by atoms with van der Waals surface area (Å²) >= 11 is 0. The lowest BCUT2D eigenvalue weighted by Crippen LogP contribution is -2.21. The molecule has 0 fully saturated rings. The molecule has 1 aliphatic carbocycles. The van der Waals surface area contributed by atoms with Crippen LogP contribution in [0.1, 0.15) is 45.1 Å². The average molecular weight is 251 g/mol. The molecule has 0 unspecified atom stereocenters. The van der Waals surface area contributed by atoms with E-state index in [1.807, 2.05) is 31.3 Å². The number of Topliss-reactive ketones (excluding diaryl/α,β-unsaturated/α-hetero) is 1. The highest BCUT2D eigenvalue weighted by Crippen LogP contribution is 2.34. The number of carbonyl (C=O) groups is 1. The van der Waals surface area contributed by atoms with Crippen LogP contribution in [0, 0.1) is 13.8 Å². The Morgan fingerprint density at radius 2 is 1.84 bits per heavy atom. The number of benzene rings is 1. The second-order valence-electron chi connectivity index (χ2n) is 5.33. The van der Waals surface area contributed by atoms with Crippen molar-refractivity contribution in [3.05, 3.63) is 64.5 Å². The Morgan fingerprint density at radius 3 is 2.63 bits per heavy atom. The van der Waals surface area contributed by atoms with Gasteiger partial charge in [-0.25, -0.2) is 0 Å². The van der Waals surface area contributed by atoms with Crippen LogP contribution in [0.5, 0.6) is 0 Å². The molecule has 0 N–H and O–H groups in total. The van der Waals surface area contributed by atoms with Gasteiger partial charge in [0.05, 0.1) is 5.69 Å². The Kier molecular flexibility index (Phi) is 2.94. The van der Waals surface area contributed by atoms with Crippen LogP contribution in [0.15, 0.2) is 36.5 Å². The molecular formula is C17H17NO. The lowest BCUT2D eigenvalue weighted by molar-refractivity contribution is 0.0962. The maximum Gasteiger partial charge on any atom is 0.165 e. The van der Waals surface area contributed by atoms with E-state index in [9.17, 15) is 4.79 Å². The van der Waals surface area contributed by atoms with Crippen molar-refractivity contribution in [2.75, 3.05) is 0 Å². The lowest BCUT2D eigenvalue weighted by Gasteiger charge is -2.25. The summed E-state index contributed by atoms with van der Waals surface area (Å²) in [6, 6.07) is 10.3. The summed E-state index contributed by atoms with van der Waals surface area (Å²) in [5.41, 5.74) is 5.41. The van der Waals surface area contributed by atoms with E-state index in [1.165, 1.54) is 11.1 Å². The highest BCUT2D eigenvalue weighted by atomic mass is 16.1. The van der Waals surface area contributed by atoms with Crippen molar-refractivity contribution in [3.8, 4) is 0 Å². The van der Waals surface area contributed by atoms with Gasteiger partial charge in [-0.2, -0.15) is 0 Å². The van der Waals surface area contributed by atoms with Crippen LogP contribution in [-0.2, 0) is 6.42 Å². The Balaban J connectivity index is 2.03. The molecule has 1 atom stereocenters. The molecule has 3 rings (SSSR count). The Bertz CT molecular complexity index is 645. The first-order valence-corrected chi connectivity index (χ1v) is 6.70. The number of rotatable bonds is 1. The van der Waals surface area contributed by atoms with Crippen molar-refractivity contribution >= 4 is 5.78 Å². The molecule has 0 saturated heterocycles. The number of pyridine rings is 1. The van der Waals surface area contributed by atoms with E-state index in [0.29, 0.717) is 6.42 Å². The second kappa shape index (κ2) is 4.61. The average Bonchev–Trinajstić information content (AvgIpc) is 2.39. The first-order valence-electron chi connectivity index (χ1n) is 6.70. The van der Waals surface area contributed by atoms with E-state index >= 15 is 0 Å². The van der Waals surface area contributed by atoms with Crippen LogP contribution in [0.25, 0.3) is 0 Å². The maximum absolute atomic E-state index is 12.4. The van der Waals surface area contributed by atoms with Gasteiger partial charge in [-0.3, -0.25) is 9.78 Å². The third-order valence-electron chi connectivity index (χ3n) is 4.02. The molecule has 0 bridgehead atoms. The number of aryl methyl sites for hydroxylation is 2. The SMILES string of the molecule is Cc1ccccc1[C@@H]1CC(=O)c2c(C)ccnc2C1. The van der Waals surface area contributed by atoms with Crippen LogP contribution < -0.4 is 0 Å². The molecule has 0 radical (unpaired) electrons. The zero-order valence-electron chi connectivity index (χ0n) is 11.3. The molecule has 1 aromatic heterocycles. The zero-order valence-corrected chi connectivity index (χ0v) is 11.3. The van der Waals surface area contributed by atoms with Crippen molar-refractivity contribution < 1.29 is 4.79 Å². The quantitative estimate of drug-likeness (QED) is 0.775. The van der Waals surface area contributed by atoms with Gasteiger partial charge in [-0.1, -0.05) is 24.3 Å². The minimum absolute atomic E-state index is 0.236. The molecule has 1 aliphatic rings. The van der Waals surface area contributed by atoms with E-state index in [0.717, 1.165) is 23.2 Å². The molecule has 2 aromatic rings. The van der Waals surface area contributed by atoms with Crippen molar-refractivity contribution in [1.82, 2.24) is 4.98 Å². The molecule has 96 valence electrons. The van der Waals surface area contributed by atoms with E-state index in [-0.39, 0.29) is 11.7 Å². The largest absolute Gasteiger partial charge is 0.294 e. The van der Waals surface area contributed by atoms with Gasteiger partial charge in [0.15, 0.2) is 5.78 Å². The number of ketones is 1. The maximum atomic E-state index is 12.4. The van der Waals surface area contributed by atoms with Crippen molar-refractivity contribution in [2.24, 2.45) is 0 Å². The van der Waals surface area contributed by atoms with Crippen LogP contribution >= 0.6 is 0 Å². The number of hydrogen-bond acceptors (Lipinski definition) is 2. The van der Waals surface area contributed by atoms with Crippen LogP contribution in [-0.4, -0.2) is 10.8 Å². The Labute approximate surface area is 113 Å². The summed E-state index contributed by atoms with van der Waals surface area (Å²) in [5, 5.41) is 0. The molecule has 0 amide bonds. The molecule has 1 heterocycles. The topological polar surface area (TPSA) is 30.0 Å². The number of fused-ring (bicyclic) bond motifs is 1. The second-order valence-corrected chi connectivity index (χ2v) is 5.33. The highest BCUT2D eigenvalue weighted by molar-refractivity contribution is 6.00. The van der Waals surface area contributed by atoms with Crippen molar-refractivity contribution in [1.29, 1.82) is 0 Å². The zero-order chi connectivity index (χ0) is 13.4. The van der Waals surface area contributed by atoms with Crippen molar-refractivity contribution in [2.45, 2.75) is 32.6 Å². The fourth-order valence-electron chi connectivity index (χ4n) is 3.05. The fraction of sp³-hybridized carbons (Fsp3) is 0.294. The smallest absolute Gasteiger partial charge is 0.165 e. The Hall–Kier alpha value is -1.96. The van der Waals surface area contributed by atoms with Gasteiger partial charge in [0.1, 0.15) is 0 Å². The van der Waals surface area contributed by atoms with Crippen LogP contribution in [0.4, 0.5) is 0 Å². The highest BCUT2D eigenvalue weighted by Gasteiger charge is 2.28. The van der Waals surface area contributed by atoms with Gasteiger partial charge >= 0.3 is 0 Å². The number of nitrogens with zero attached hydrogens (tertiary/aromatic N) is 1. The van der Waals surface area contributed by atoms with E-state index < -0.39 is 0 Å². The molecule has 2 nitrogen and oxygen atoms in total. The predicted octanol–water partition coefficient (Wildman–Crippen LogP) is 3.61. The van der Waals surface area contributed by atoms with Crippen LogP contribution in [0.3, 0.4) is 0 Å². The molecule has 0 saturated carbocycles. The summed E-state index contributed by atoms with van der Waals surface area (Å²) in [6.45, 7) is 4.10. The summed E-state index contributed by atoms with van der Waals surface area (Å²) in [4.78, 5) is 16.8. The molecule has 1 aromatic carbocycles. The Morgan fingerprint density at radius 1 is 1.05 bits per heavy atom. The van der Waals surface area contributed by atoms with E-state index in [4.69, 9.17) is 0 Å². The molecule has 2 heteroatoms. The first kappa shape index (κ1) is 12.1. The van der Waals surface area contributed by atoms with Gasteiger partial charge in [0.2, 0.25) is 0 Å². The number of aromatic nitrogens is 1. The summed E-state index contributed by atoms with van der Waals surface area (Å²) in [5.74, 6) is 0.510. The fourth-order valence-corrected chi connectivity index (χ4v) is 3.05. The van der Waals surface area contributed by atoms with E-state index in [2.05, 4.69) is 24.0 Å². The van der Waals surface area contributed by atoms with Gasteiger partial charge in [0, 0.05) is 18.2 Å². The summed E-state index contributed by atoms with van der Waals surface area (Å²) < 4.78 is 0. The summed E-state index contributed by atoms with van der Waals surface area (Å²) in [7, 11) is 0. The van der Waals surface area contributed by atoms with Crippen LogP contribution in [0.2, 0.25) is 0 Å². The van der Waals surface area contributed by atoms with Gasteiger partial charge in [-0.05, 0) is 48.9 Å². The van der Waals surface area contributed by atoms with Gasteiger partial charge in [0.25, 0.3) is 0 Å². The number of hydrogen-bond donors (Lipinski definition) is 0. The predicted molar refractivity (Wildman–Crippen MR) is 75.5 cm³/mol. The molecule has 0 aliphatic heterocycles. The monoisotopic (exact) mass is 251 g/mol. The van der Waals surface area contributed by atoms with Gasteiger partial charge < -0.3 is 0 Å². The van der Waals surface area contributed by atoms with Crippen molar-refractivity contribution in [3.63, 3.8) is 0 Å². The lowest BCUT2D eigenvalue weighted by atomic mass is 9.79. The van der Waals surface area contributed by atoms with Gasteiger partial charge in [-0.15, -0.1) is 0 Å². The standard InChI is InChI=1S/C17H17NO/c1-11-5-3-4-6-14(11)13-9-15-17(16(19)10-13)12(2)7-8-18-15/h3-8,13H,9-10H2,1-2H3/t13-/m0/s1. The minimum Gasteiger partial charge on any atom is -0.294 e. The van der Waals surface area contributed by atoms with E-state index in [1.54, 1.807) is 0 Å². The molecule has 19 heavy (non-hydrogen) atoms. The minimum atomic E-state index is 0.236. The molecule has 0 spiro atoms. The normalized spacial score (nSPS) is 18.2.